The Balaban J connectivity index is 3.54. The molecule has 0 aliphatic rings. The van der Waals surface area contributed by atoms with E-state index in [1.165, 1.54) is 19.3 Å². The molecule has 0 N–H and O–H groups in total. The molecule has 0 saturated heterocycles. The van der Waals surface area contributed by atoms with E-state index in [2.05, 4.69) is 34.6 Å². The summed E-state index contributed by atoms with van der Waals surface area (Å²) in [7, 11) is 0. The van der Waals surface area contributed by atoms with Gasteiger partial charge in [0, 0.05) is 0 Å². The van der Waals surface area contributed by atoms with Gasteiger partial charge in [0.1, 0.15) is 0 Å². The number of hydrogen-bond acceptors (Lipinski definition) is 0. The van der Waals surface area contributed by atoms with Crippen LogP contribution in [0.15, 0.2) is 0 Å². The quantitative estimate of drug-likeness (QED) is 0.525. The molecule has 0 heterocycles. The fourth-order valence-electron chi connectivity index (χ4n) is 1.58. The predicted molar refractivity (Wildman–Crippen MR) is 52.4 cm³/mol. The second-order valence-electron chi connectivity index (χ2n) is 4.15. The van der Waals surface area contributed by atoms with Gasteiger partial charge in [-0.2, -0.15) is 20.3 Å². The highest BCUT2D eigenvalue weighted by Crippen LogP contribution is 2.23. The van der Waals surface area contributed by atoms with Crippen LogP contribution in [0.2, 0.25) is 0 Å². The summed E-state index contributed by atoms with van der Waals surface area (Å²) in [6, 6.07) is 0. The third-order valence-corrected chi connectivity index (χ3v) is 2.45. The molecule has 0 bridgehead atoms. The Kier molecular flexibility index (Phi) is 5.62. The highest BCUT2D eigenvalue weighted by Gasteiger charge is 2.07. The van der Waals surface area contributed by atoms with Gasteiger partial charge in [-0.1, -0.05) is 39.5 Å². The summed E-state index contributed by atoms with van der Waals surface area (Å²) in [6.07, 6.45) is 4.02. The topological polar surface area (TPSA) is 0 Å². The van der Waals surface area contributed by atoms with Gasteiger partial charge in [0.05, 0.1) is 0 Å². The predicted octanol–water partition coefficient (Wildman–Crippen LogP) is 4.06. The standard InChI is InChI=1S/C11H23/c1-6-7-10(4)11(5)8-9(2)3/h10-11H,6-8H2,1-5H3/q-1. The normalized spacial score (nSPS) is 16.9. The smallest absolute Gasteiger partial charge is 0.0441 e. The Morgan fingerprint density at radius 2 is 1.64 bits per heavy atom. The van der Waals surface area contributed by atoms with Gasteiger partial charge >= 0.3 is 0 Å². The van der Waals surface area contributed by atoms with Crippen LogP contribution in [0.25, 0.3) is 0 Å². The molecule has 0 radical (unpaired) electrons. The van der Waals surface area contributed by atoms with Crippen LogP contribution in [0, 0.1) is 17.8 Å². The summed E-state index contributed by atoms with van der Waals surface area (Å²) < 4.78 is 0. The van der Waals surface area contributed by atoms with Gasteiger partial charge in [-0.25, -0.2) is 0 Å². The highest BCUT2D eigenvalue weighted by atomic mass is 14.2. The summed E-state index contributed by atoms with van der Waals surface area (Å²) in [6.45, 7) is 11.5. The molecule has 0 heteroatoms. The zero-order valence-electron chi connectivity index (χ0n) is 8.78. The molecule has 0 spiro atoms. The average molecular weight is 155 g/mol. The SMILES string of the molecule is CCCC(C)C(C)C[C-](C)C. The van der Waals surface area contributed by atoms with Crippen molar-refractivity contribution in [3.8, 4) is 0 Å². The minimum Gasteiger partial charge on any atom is -0.319 e. The van der Waals surface area contributed by atoms with E-state index in [1.54, 1.807) is 5.92 Å². The van der Waals surface area contributed by atoms with E-state index in [-0.39, 0.29) is 0 Å². The van der Waals surface area contributed by atoms with Crippen LogP contribution in [-0.4, -0.2) is 0 Å². The lowest BCUT2D eigenvalue weighted by Gasteiger charge is -2.28. The number of hydrogen-bond donors (Lipinski definition) is 0. The zero-order chi connectivity index (χ0) is 8.85. The number of rotatable bonds is 5. The van der Waals surface area contributed by atoms with Crippen LogP contribution in [0.5, 0.6) is 0 Å². The van der Waals surface area contributed by atoms with E-state index >= 15 is 0 Å². The van der Waals surface area contributed by atoms with E-state index in [0.717, 1.165) is 11.8 Å². The van der Waals surface area contributed by atoms with Crippen molar-refractivity contribution in [3.63, 3.8) is 0 Å². The maximum atomic E-state index is 2.37. The largest absolute Gasteiger partial charge is 0.319 e. The van der Waals surface area contributed by atoms with Gasteiger partial charge in [-0.05, 0) is 5.92 Å². The molecule has 0 rings (SSSR count). The molecule has 68 valence electrons. The Labute approximate surface area is 72.4 Å². The fourth-order valence-corrected chi connectivity index (χ4v) is 1.58. The van der Waals surface area contributed by atoms with E-state index in [1.807, 2.05) is 0 Å². The molecule has 0 aromatic carbocycles. The lowest BCUT2D eigenvalue weighted by molar-refractivity contribution is 0.348. The Morgan fingerprint density at radius 1 is 1.09 bits per heavy atom. The van der Waals surface area contributed by atoms with Gasteiger partial charge in [-0.3, -0.25) is 0 Å². The van der Waals surface area contributed by atoms with Crippen LogP contribution in [0.4, 0.5) is 0 Å². The summed E-state index contributed by atoms with van der Waals surface area (Å²) in [5, 5.41) is 0. The monoisotopic (exact) mass is 155 g/mol. The van der Waals surface area contributed by atoms with Gasteiger partial charge in [0.25, 0.3) is 0 Å². The van der Waals surface area contributed by atoms with E-state index in [4.69, 9.17) is 0 Å². The van der Waals surface area contributed by atoms with Crippen molar-refractivity contribution in [2.45, 2.75) is 53.9 Å². The van der Waals surface area contributed by atoms with Gasteiger partial charge in [0.2, 0.25) is 0 Å². The maximum absolute atomic E-state index is 2.37. The molecular weight excluding hydrogens is 132 g/mol. The summed E-state index contributed by atoms with van der Waals surface area (Å²) in [5.74, 6) is 3.34. The van der Waals surface area contributed by atoms with Crippen LogP contribution in [0.3, 0.4) is 0 Å². The third-order valence-electron chi connectivity index (χ3n) is 2.45. The first kappa shape index (κ1) is 11.0. The molecule has 0 amide bonds. The van der Waals surface area contributed by atoms with Crippen molar-refractivity contribution in [1.29, 1.82) is 0 Å². The molecule has 0 aromatic rings. The molecule has 2 unspecified atom stereocenters. The Hall–Kier alpha value is 0. The van der Waals surface area contributed by atoms with Crippen molar-refractivity contribution in [1.82, 2.24) is 0 Å². The highest BCUT2D eigenvalue weighted by molar-refractivity contribution is 4.80. The molecule has 0 fully saturated rings. The first-order valence-corrected chi connectivity index (χ1v) is 4.87. The lowest BCUT2D eigenvalue weighted by atomic mass is 9.86. The van der Waals surface area contributed by atoms with Gasteiger partial charge < -0.3 is 5.92 Å². The minimum absolute atomic E-state index is 0.875. The average Bonchev–Trinajstić information content (AvgIpc) is 1.86. The maximum Gasteiger partial charge on any atom is -0.0441 e. The molecule has 0 aliphatic carbocycles. The second-order valence-corrected chi connectivity index (χ2v) is 4.15. The van der Waals surface area contributed by atoms with E-state index in [0.29, 0.717) is 0 Å². The van der Waals surface area contributed by atoms with E-state index < -0.39 is 0 Å². The summed E-state index contributed by atoms with van der Waals surface area (Å²) in [5.41, 5.74) is 0. The van der Waals surface area contributed by atoms with Crippen LogP contribution in [-0.2, 0) is 0 Å². The molecule has 0 saturated carbocycles. The molecule has 0 aliphatic heterocycles. The molecule has 2 atom stereocenters. The Morgan fingerprint density at radius 3 is 2.00 bits per heavy atom. The van der Waals surface area contributed by atoms with Crippen LogP contribution >= 0.6 is 0 Å². The molecular formula is C11H23-. The van der Waals surface area contributed by atoms with Crippen molar-refractivity contribution < 1.29 is 0 Å². The zero-order valence-corrected chi connectivity index (χ0v) is 8.78. The first-order chi connectivity index (χ1) is 5.07. The van der Waals surface area contributed by atoms with Crippen molar-refractivity contribution in [3.05, 3.63) is 5.92 Å². The van der Waals surface area contributed by atoms with Gasteiger partial charge in [-0.15, -0.1) is 0 Å². The first-order valence-electron chi connectivity index (χ1n) is 4.87. The molecule has 11 heavy (non-hydrogen) atoms. The van der Waals surface area contributed by atoms with Crippen molar-refractivity contribution >= 4 is 0 Å². The lowest BCUT2D eigenvalue weighted by Crippen LogP contribution is -2.09. The second kappa shape index (κ2) is 5.62. The molecule has 0 aromatic heterocycles. The van der Waals surface area contributed by atoms with Crippen LogP contribution < -0.4 is 0 Å². The minimum atomic E-state index is 0.875. The fraction of sp³-hybridized carbons (Fsp3) is 0.909. The van der Waals surface area contributed by atoms with Crippen molar-refractivity contribution in [2.24, 2.45) is 11.8 Å². The van der Waals surface area contributed by atoms with E-state index in [9.17, 15) is 0 Å². The summed E-state index contributed by atoms with van der Waals surface area (Å²) in [4.78, 5) is 0. The van der Waals surface area contributed by atoms with Crippen LogP contribution in [0.1, 0.15) is 53.9 Å². The Bertz CT molecular complexity index is 84.0. The molecule has 0 nitrogen and oxygen atoms in total. The summed E-state index contributed by atoms with van der Waals surface area (Å²) >= 11 is 0. The third kappa shape index (κ3) is 5.29. The van der Waals surface area contributed by atoms with Gasteiger partial charge in [0.15, 0.2) is 0 Å². The van der Waals surface area contributed by atoms with Crippen molar-refractivity contribution in [2.75, 3.05) is 0 Å².